The molecule has 0 bridgehead atoms. The summed E-state index contributed by atoms with van der Waals surface area (Å²) in [5.41, 5.74) is 6.44. The van der Waals surface area contributed by atoms with Crippen LogP contribution in [0.3, 0.4) is 0 Å². The second-order valence-corrected chi connectivity index (χ2v) is 9.32. The first-order valence-electron chi connectivity index (χ1n) is 10.5. The molecule has 152 valence electrons. The number of carbonyl (C=O) groups excluding carboxylic acids is 1. The van der Waals surface area contributed by atoms with E-state index in [1.165, 1.54) is 30.6 Å². The number of nitrogens with two attached hydrogens (primary N) is 1. The molecule has 28 heavy (non-hydrogen) atoms. The zero-order valence-electron chi connectivity index (χ0n) is 16.4. The van der Waals surface area contributed by atoms with Crippen molar-refractivity contribution in [2.45, 2.75) is 82.8 Å². The number of hydrogen-bond donors (Lipinski definition) is 2. The second-order valence-electron chi connectivity index (χ2n) is 8.24. The predicted octanol–water partition coefficient (Wildman–Crippen LogP) is 3.70. The van der Waals surface area contributed by atoms with Crippen LogP contribution in [0.1, 0.15) is 74.6 Å². The third-order valence-electron chi connectivity index (χ3n) is 6.30. The molecule has 2 aliphatic rings. The Labute approximate surface area is 169 Å². The molecule has 7 heteroatoms. The smallest absolute Gasteiger partial charge is 0.246 e. The molecule has 2 aliphatic carbocycles. The second kappa shape index (κ2) is 8.33. The Kier molecular flexibility index (Phi) is 5.83. The lowest BCUT2D eigenvalue weighted by atomic mass is 9.85. The van der Waals surface area contributed by atoms with E-state index in [4.69, 9.17) is 10.5 Å². The van der Waals surface area contributed by atoms with Crippen molar-refractivity contribution in [2.75, 3.05) is 0 Å². The van der Waals surface area contributed by atoms with Gasteiger partial charge in [0, 0.05) is 4.88 Å². The molecule has 2 atom stereocenters. The Bertz CT molecular complexity index is 845. The van der Waals surface area contributed by atoms with Gasteiger partial charge in [-0.25, -0.2) is 9.97 Å². The Balaban J connectivity index is 1.56. The zero-order valence-corrected chi connectivity index (χ0v) is 17.2. The van der Waals surface area contributed by atoms with Gasteiger partial charge in [-0.05, 0) is 62.3 Å². The maximum Gasteiger partial charge on any atom is 0.246 e. The Morgan fingerprint density at radius 3 is 2.82 bits per heavy atom. The number of carbonyl (C=O) groups is 1. The summed E-state index contributed by atoms with van der Waals surface area (Å²) in [5, 5.41) is 11.0. The van der Waals surface area contributed by atoms with E-state index >= 15 is 0 Å². The summed E-state index contributed by atoms with van der Waals surface area (Å²) in [7, 11) is 0. The summed E-state index contributed by atoms with van der Waals surface area (Å²) in [4.78, 5) is 22.5. The van der Waals surface area contributed by atoms with Gasteiger partial charge in [0.05, 0.1) is 5.39 Å². The monoisotopic (exact) mass is 403 g/mol. The van der Waals surface area contributed by atoms with Crippen LogP contribution in [0.15, 0.2) is 6.33 Å². The molecule has 0 saturated heterocycles. The Morgan fingerprint density at radius 2 is 2.11 bits per heavy atom. The van der Waals surface area contributed by atoms with E-state index in [0.717, 1.165) is 47.4 Å². The number of aliphatic hydroxyl groups excluding tert-OH is 1. The minimum atomic E-state index is -1.12. The standard InChI is InChI=1S/C21H29N3O3S/c1-2-3-12-4-7-14(8-5-12)27-20-18-17-13(10-15(25)19(22)26)6-9-16(17)28-21(18)24-11-23-20/h11-15,25H,2-10H2,1H3,(H2,22,26)/t12?,13-,14?,15-/m1/s1. The first-order chi connectivity index (χ1) is 13.6. The number of rotatable bonds is 7. The number of aromatic nitrogens is 2. The van der Waals surface area contributed by atoms with Crippen LogP contribution in [-0.4, -0.2) is 33.2 Å². The van der Waals surface area contributed by atoms with Crippen LogP contribution in [0.4, 0.5) is 0 Å². The quantitative estimate of drug-likeness (QED) is 0.734. The molecule has 6 nitrogen and oxygen atoms in total. The Hall–Kier alpha value is -1.73. The third kappa shape index (κ3) is 3.87. The van der Waals surface area contributed by atoms with Gasteiger partial charge in [-0.1, -0.05) is 19.8 Å². The normalized spacial score (nSPS) is 25.6. The molecule has 1 saturated carbocycles. The van der Waals surface area contributed by atoms with Gasteiger partial charge in [0.25, 0.3) is 0 Å². The van der Waals surface area contributed by atoms with E-state index in [0.29, 0.717) is 12.3 Å². The maximum atomic E-state index is 11.3. The summed E-state index contributed by atoms with van der Waals surface area (Å²) in [5.74, 6) is 0.937. The van der Waals surface area contributed by atoms with Crippen LogP contribution in [0.5, 0.6) is 5.88 Å². The van der Waals surface area contributed by atoms with Crippen LogP contribution in [0, 0.1) is 5.92 Å². The van der Waals surface area contributed by atoms with Crippen molar-refractivity contribution >= 4 is 27.5 Å². The number of aryl methyl sites for hydroxylation is 1. The molecule has 0 unspecified atom stereocenters. The number of primary amides is 1. The minimum Gasteiger partial charge on any atom is -0.474 e. The van der Waals surface area contributed by atoms with Crippen molar-refractivity contribution in [3.63, 3.8) is 0 Å². The van der Waals surface area contributed by atoms with Crippen LogP contribution in [0.25, 0.3) is 10.2 Å². The van der Waals surface area contributed by atoms with Gasteiger partial charge in [-0.15, -0.1) is 11.3 Å². The summed E-state index contributed by atoms with van der Waals surface area (Å²) < 4.78 is 6.38. The summed E-state index contributed by atoms with van der Waals surface area (Å²) in [6.07, 6.45) is 10.0. The van der Waals surface area contributed by atoms with Gasteiger partial charge >= 0.3 is 0 Å². The van der Waals surface area contributed by atoms with Crippen molar-refractivity contribution in [1.82, 2.24) is 9.97 Å². The van der Waals surface area contributed by atoms with Crippen molar-refractivity contribution in [3.8, 4) is 5.88 Å². The molecular formula is C21H29N3O3S. The highest BCUT2D eigenvalue weighted by molar-refractivity contribution is 7.19. The number of ether oxygens (including phenoxy) is 1. The van der Waals surface area contributed by atoms with Crippen LogP contribution in [-0.2, 0) is 11.2 Å². The minimum absolute atomic E-state index is 0.0971. The van der Waals surface area contributed by atoms with Crippen LogP contribution >= 0.6 is 11.3 Å². The lowest BCUT2D eigenvalue weighted by Gasteiger charge is -2.28. The fourth-order valence-electron chi connectivity index (χ4n) is 4.86. The highest BCUT2D eigenvalue weighted by atomic mass is 32.1. The molecule has 4 rings (SSSR count). The lowest BCUT2D eigenvalue weighted by Crippen LogP contribution is -2.29. The third-order valence-corrected chi connectivity index (χ3v) is 7.47. The van der Waals surface area contributed by atoms with Crippen molar-refractivity contribution in [3.05, 3.63) is 16.8 Å². The number of aliphatic hydroxyl groups is 1. The Morgan fingerprint density at radius 1 is 1.32 bits per heavy atom. The highest BCUT2D eigenvalue weighted by Crippen LogP contribution is 2.47. The zero-order chi connectivity index (χ0) is 19.7. The van der Waals surface area contributed by atoms with Gasteiger partial charge in [0.15, 0.2) is 0 Å². The van der Waals surface area contributed by atoms with E-state index in [-0.39, 0.29) is 12.0 Å². The molecule has 0 aliphatic heterocycles. The van der Waals surface area contributed by atoms with Gasteiger partial charge in [0.2, 0.25) is 11.8 Å². The first-order valence-corrected chi connectivity index (χ1v) is 11.3. The number of thiophene rings is 1. The van der Waals surface area contributed by atoms with E-state index < -0.39 is 12.0 Å². The number of nitrogens with zero attached hydrogens (tertiary/aromatic N) is 2. The van der Waals surface area contributed by atoms with Gasteiger partial charge in [-0.2, -0.15) is 0 Å². The molecule has 3 N–H and O–H groups in total. The van der Waals surface area contributed by atoms with Crippen LogP contribution < -0.4 is 10.5 Å². The molecule has 2 aromatic heterocycles. The van der Waals surface area contributed by atoms with E-state index in [1.807, 2.05) is 0 Å². The fourth-order valence-corrected chi connectivity index (χ4v) is 6.09. The largest absolute Gasteiger partial charge is 0.474 e. The fraction of sp³-hybridized carbons (Fsp3) is 0.667. The summed E-state index contributed by atoms with van der Waals surface area (Å²) >= 11 is 1.68. The first kappa shape index (κ1) is 19.6. The van der Waals surface area contributed by atoms with Crippen molar-refractivity contribution < 1.29 is 14.6 Å². The van der Waals surface area contributed by atoms with Crippen molar-refractivity contribution in [2.24, 2.45) is 11.7 Å². The van der Waals surface area contributed by atoms with Crippen LogP contribution in [0.2, 0.25) is 0 Å². The topological polar surface area (TPSA) is 98.3 Å². The highest BCUT2D eigenvalue weighted by Gasteiger charge is 2.33. The average molecular weight is 404 g/mol. The van der Waals surface area contributed by atoms with E-state index in [9.17, 15) is 9.90 Å². The molecule has 0 aromatic carbocycles. The van der Waals surface area contributed by atoms with Gasteiger partial charge in [0.1, 0.15) is 23.4 Å². The summed E-state index contributed by atoms with van der Waals surface area (Å²) in [6.45, 7) is 2.25. The number of hydrogen-bond acceptors (Lipinski definition) is 6. The molecular weight excluding hydrogens is 374 g/mol. The van der Waals surface area contributed by atoms with E-state index in [2.05, 4.69) is 16.9 Å². The van der Waals surface area contributed by atoms with Gasteiger partial charge in [-0.3, -0.25) is 4.79 Å². The lowest BCUT2D eigenvalue weighted by molar-refractivity contribution is -0.126. The van der Waals surface area contributed by atoms with Crippen molar-refractivity contribution in [1.29, 1.82) is 0 Å². The molecule has 2 aromatic rings. The maximum absolute atomic E-state index is 11.3. The summed E-state index contributed by atoms with van der Waals surface area (Å²) in [6, 6.07) is 0. The molecule has 0 radical (unpaired) electrons. The van der Waals surface area contributed by atoms with Gasteiger partial charge < -0.3 is 15.6 Å². The molecule has 0 spiro atoms. The molecule has 1 amide bonds. The SMILES string of the molecule is CCCC1CCC(Oc2ncnc3sc4c(c23)[C@@H](C[C@@H](O)C(N)=O)CC4)CC1. The average Bonchev–Trinajstić information content (AvgIpc) is 3.23. The molecule has 2 heterocycles. The van der Waals surface area contributed by atoms with E-state index in [1.54, 1.807) is 17.7 Å². The number of amides is 1. The molecule has 1 fully saturated rings. The predicted molar refractivity (Wildman–Crippen MR) is 110 cm³/mol. The number of fused-ring (bicyclic) bond motifs is 3.